The number of hydrazone groups is 1. The fraction of sp³-hybridized carbons (Fsp3) is 0.176. The van der Waals surface area contributed by atoms with E-state index in [1.165, 1.54) is 24.4 Å². The number of thiocarbonyl (C=S) groups is 1. The van der Waals surface area contributed by atoms with Gasteiger partial charge in [0, 0.05) is 0 Å². The molecule has 0 atom stereocenters. The Bertz CT molecular complexity index is 910. The topological polar surface area (TPSA) is 103 Å². The number of nitrogens with zero attached hydrogens (tertiary/aromatic N) is 1. The van der Waals surface area contributed by atoms with E-state index in [1.54, 1.807) is 31.2 Å². The van der Waals surface area contributed by atoms with Crippen molar-refractivity contribution in [1.82, 2.24) is 5.43 Å². The highest BCUT2D eigenvalue weighted by Crippen LogP contribution is 2.30. The smallest absolute Gasteiger partial charge is 0.339 e. The predicted molar refractivity (Wildman–Crippen MR) is 104 cm³/mol. The van der Waals surface area contributed by atoms with Gasteiger partial charge in [-0.1, -0.05) is 17.7 Å². The van der Waals surface area contributed by atoms with E-state index in [1.807, 2.05) is 6.92 Å². The maximum atomic E-state index is 12.5. The molecule has 2 aromatic rings. The van der Waals surface area contributed by atoms with Crippen molar-refractivity contribution in [3.05, 3.63) is 53.6 Å². The maximum Gasteiger partial charge on any atom is 0.339 e. The Balaban J connectivity index is 2.28. The highest BCUT2D eigenvalue weighted by Gasteiger charge is 2.19. The first-order valence-electron chi connectivity index (χ1n) is 7.68. The second-order valence-electron chi connectivity index (χ2n) is 5.22. The number of nitrogens with one attached hydrogen (secondary N) is 1. The van der Waals surface area contributed by atoms with Crippen LogP contribution in [0.25, 0.3) is 0 Å². The van der Waals surface area contributed by atoms with Gasteiger partial charge in [0.1, 0.15) is 4.90 Å². The van der Waals surface area contributed by atoms with Gasteiger partial charge in [-0.2, -0.15) is 13.5 Å². The number of benzene rings is 2. The van der Waals surface area contributed by atoms with Crippen LogP contribution in [-0.4, -0.2) is 26.4 Å². The molecule has 0 spiro atoms. The minimum absolute atomic E-state index is 0.0374. The minimum atomic E-state index is -3.97. The molecule has 26 heavy (non-hydrogen) atoms. The fourth-order valence-electron chi connectivity index (χ4n) is 1.98. The van der Waals surface area contributed by atoms with Gasteiger partial charge in [0.15, 0.2) is 16.6 Å². The second-order valence-corrected chi connectivity index (χ2v) is 7.21. The Morgan fingerprint density at radius 2 is 1.92 bits per heavy atom. The summed E-state index contributed by atoms with van der Waals surface area (Å²) in [5.41, 5.74) is 9.32. The van der Waals surface area contributed by atoms with Crippen molar-refractivity contribution in [3.63, 3.8) is 0 Å². The molecule has 7 nitrogen and oxygen atoms in total. The third-order valence-corrected chi connectivity index (χ3v) is 4.50. The number of rotatable bonds is 7. The largest absolute Gasteiger partial charge is 0.490 e. The van der Waals surface area contributed by atoms with E-state index in [2.05, 4.69) is 22.7 Å². The van der Waals surface area contributed by atoms with Crippen LogP contribution in [0.1, 0.15) is 18.1 Å². The van der Waals surface area contributed by atoms with E-state index in [0.29, 0.717) is 12.2 Å². The predicted octanol–water partition coefficient (Wildman–Crippen LogP) is 2.33. The van der Waals surface area contributed by atoms with E-state index in [4.69, 9.17) is 14.7 Å². The summed E-state index contributed by atoms with van der Waals surface area (Å²) in [5, 5.41) is 3.88. The van der Waals surface area contributed by atoms with Crippen LogP contribution in [0.2, 0.25) is 0 Å². The van der Waals surface area contributed by atoms with E-state index in [-0.39, 0.29) is 21.5 Å². The normalized spacial score (nSPS) is 11.3. The molecule has 0 heterocycles. The van der Waals surface area contributed by atoms with Gasteiger partial charge in [0.05, 0.1) is 12.8 Å². The standard InChI is InChI=1S/C17H19N3O4S2/c1-3-23-16-10-13(11-19-20-17(18)25)6-9-15(16)24-26(21,22)14-7-4-12(2)5-8-14/h4-11H,3H2,1-2H3,(H3,18,20,25)/b19-11+. The van der Waals surface area contributed by atoms with Crippen LogP contribution in [0, 0.1) is 6.92 Å². The molecule has 138 valence electrons. The molecular weight excluding hydrogens is 374 g/mol. The number of aryl methyl sites for hydroxylation is 1. The Labute approximate surface area is 157 Å². The quantitative estimate of drug-likeness (QED) is 0.322. The van der Waals surface area contributed by atoms with Crippen LogP contribution in [0.15, 0.2) is 52.5 Å². The first kappa shape index (κ1) is 19.7. The van der Waals surface area contributed by atoms with E-state index in [9.17, 15) is 8.42 Å². The van der Waals surface area contributed by atoms with Crippen molar-refractivity contribution in [2.24, 2.45) is 10.8 Å². The molecule has 0 unspecified atom stereocenters. The molecule has 9 heteroatoms. The van der Waals surface area contributed by atoms with Gasteiger partial charge >= 0.3 is 10.1 Å². The molecule has 0 aliphatic carbocycles. The molecule has 0 saturated carbocycles. The monoisotopic (exact) mass is 393 g/mol. The molecule has 0 amide bonds. The summed E-state index contributed by atoms with van der Waals surface area (Å²) in [6.45, 7) is 4.00. The van der Waals surface area contributed by atoms with Crippen molar-refractivity contribution in [1.29, 1.82) is 0 Å². The van der Waals surface area contributed by atoms with Gasteiger partial charge in [-0.05, 0) is 62.0 Å². The average Bonchev–Trinajstić information content (AvgIpc) is 2.57. The van der Waals surface area contributed by atoms with E-state index < -0.39 is 10.1 Å². The highest BCUT2D eigenvalue weighted by molar-refractivity contribution is 7.87. The van der Waals surface area contributed by atoms with Crippen molar-refractivity contribution in [2.45, 2.75) is 18.7 Å². The second kappa shape index (κ2) is 8.63. The van der Waals surface area contributed by atoms with Crippen molar-refractivity contribution >= 4 is 33.7 Å². The molecule has 0 saturated heterocycles. The van der Waals surface area contributed by atoms with Crippen LogP contribution in [0.5, 0.6) is 11.5 Å². The number of hydrogen-bond acceptors (Lipinski definition) is 6. The molecule has 2 aromatic carbocycles. The summed E-state index contributed by atoms with van der Waals surface area (Å²) in [6.07, 6.45) is 1.47. The van der Waals surface area contributed by atoms with E-state index >= 15 is 0 Å². The zero-order chi connectivity index (χ0) is 19.2. The van der Waals surface area contributed by atoms with Crippen LogP contribution in [0.3, 0.4) is 0 Å². The van der Waals surface area contributed by atoms with E-state index in [0.717, 1.165) is 5.56 Å². The highest BCUT2D eigenvalue weighted by atomic mass is 32.2. The zero-order valence-electron chi connectivity index (χ0n) is 14.3. The number of ether oxygens (including phenoxy) is 1. The van der Waals surface area contributed by atoms with Crippen LogP contribution in [-0.2, 0) is 10.1 Å². The molecule has 0 aromatic heterocycles. The summed E-state index contributed by atoms with van der Waals surface area (Å²) >= 11 is 4.65. The maximum absolute atomic E-state index is 12.5. The first-order chi connectivity index (χ1) is 12.3. The van der Waals surface area contributed by atoms with Gasteiger partial charge in [-0.25, -0.2) is 0 Å². The summed E-state index contributed by atoms with van der Waals surface area (Å²) < 4.78 is 35.7. The van der Waals surface area contributed by atoms with Gasteiger partial charge in [0.25, 0.3) is 0 Å². The lowest BCUT2D eigenvalue weighted by Gasteiger charge is -2.12. The molecule has 0 radical (unpaired) electrons. The van der Waals surface area contributed by atoms with Gasteiger partial charge in [-0.3, -0.25) is 5.43 Å². The average molecular weight is 393 g/mol. The minimum Gasteiger partial charge on any atom is -0.490 e. The lowest BCUT2D eigenvalue weighted by Crippen LogP contribution is -2.23. The number of hydrogen-bond donors (Lipinski definition) is 2. The number of nitrogens with two attached hydrogens (primary N) is 1. The SMILES string of the molecule is CCOc1cc(/C=N/NC(N)=S)ccc1OS(=O)(=O)c1ccc(C)cc1. The van der Waals surface area contributed by atoms with Gasteiger partial charge in [0.2, 0.25) is 0 Å². The Kier molecular flexibility index (Phi) is 6.53. The van der Waals surface area contributed by atoms with Crippen molar-refractivity contribution < 1.29 is 17.3 Å². The van der Waals surface area contributed by atoms with Crippen LogP contribution in [0.4, 0.5) is 0 Å². The molecule has 2 rings (SSSR count). The van der Waals surface area contributed by atoms with Crippen LogP contribution < -0.4 is 20.1 Å². The Hall–Kier alpha value is -2.65. The molecule has 0 fully saturated rings. The Morgan fingerprint density at radius 3 is 2.54 bits per heavy atom. The lowest BCUT2D eigenvalue weighted by molar-refractivity contribution is 0.327. The Morgan fingerprint density at radius 1 is 1.23 bits per heavy atom. The van der Waals surface area contributed by atoms with Gasteiger partial charge in [-0.15, -0.1) is 0 Å². The van der Waals surface area contributed by atoms with Crippen LogP contribution >= 0.6 is 12.2 Å². The van der Waals surface area contributed by atoms with Crippen molar-refractivity contribution in [2.75, 3.05) is 6.61 Å². The molecule has 0 aliphatic rings. The third-order valence-electron chi connectivity index (χ3n) is 3.17. The molecule has 0 aliphatic heterocycles. The summed E-state index contributed by atoms with van der Waals surface area (Å²) in [6, 6.07) is 11.1. The first-order valence-corrected chi connectivity index (χ1v) is 9.50. The molecular formula is C17H19N3O4S2. The third kappa shape index (κ3) is 5.43. The van der Waals surface area contributed by atoms with Crippen molar-refractivity contribution in [3.8, 4) is 11.5 Å². The molecule has 3 N–H and O–H groups in total. The van der Waals surface area contributed by atoms with Gasteiger partial charge < -0.3 is 14.7 Å². The molecule has 0 bridgehead atoms. The summed E-state index contributed by atoms with van der Waals surface area (Å²) in [7, 11) is -3.97. The summed E-state index contributed by atoms with van der Waals surface area (Å²) in [4.78, 5) is 0.0665. The zero-order valence-corrected chi connectivity index (χ0v) is 15.9. The fourth-order valence-corrected chi connectivity index (χ4v) is 2.98. The lowest BCUT2D eigenvalue weighted by atomic mass is 10.2. The summed E-state index contributed by atoms with van der Waals surface area (Å²) in [5.74, 6) is 0.370.